The Morgan fingerprint density at radius 2 is 2.00 bits per heavy atom. The van der Waals surface area contributed by atoms with Crippen LogP contribution >= 0.6 is 11.6 Å². The first-order chi connectivity index (χ1) is 12.7. The van der Waals surface area contributed by atoms with Crippen molar-refractivity contribution in [3.05, 3.63) is 82.9 Å². The number of nitrogens with one attached hydrogen (secondary N) is 1. The molecule has 1 aliphatic carbocycles. The summed E-state index contributed by atoms with van der Waals surface area (Å²) >= 11 is 6.03. The molecule has 1 N–H and O–H groups in total. The van der Waals surface area contributed by atoms with Crippen LogP contribution in [0.3, 0.4) is 0 Å². The number of carbonyl (C=O) groups is 1. The second-order valence-electron chi connectivity index (χ2n) is 6.63. The van der Waals surface area contributed by atoms with Gasteiger partial charge in [0.25, 0.3) is 0 Å². The number of amides is 1. The number of aromatic nitrogens is 3. The Labute approximate surface area is 157 Å². The number of rotatable bonds is 6. The fourth-order valence-electron chi connectivity index (χ4n) is 3.17. The number of benzene rings is 2. The van der Waals surface area contributed by atoms with E-state index in [1.807, 2.05) is 36.4 Å². The maximum absolute atomic E-state index is 12.4. The molecule has 1 fully saturated rings. The van der Waals surface area contributed by atoms with Gasteiger partial charge in [0.05, 0.1) is 6.54 Å². The Bertz CT molecular complexity index is 892. The Balaban J connectivity index is 1.28. The lowest BCUT2D eigenvalue weighted by atomic mass is 10.1. The highest BCUT2D eigenvalue weighted by atomic mass is 35.5. The van der Waals surface area contributed by atoms with E-state index in [4.69, 9.17) is 11.6 Å². The Kier molecular flexibility index (Phi) is 4.71. The molecule has 0 spiro atoms. The first-order valence-corrected chi connectivity index (χ1v) is 9.00. The van der Waals surface area contributed by atoms with Crippen molar-refractivity contribution in [1.29, 1.82) is 0 Å². The van der Waals surface area contributed by atoms with Crippen LogP contribution in [-0.2, 0) is 17.9 Å². The number of nitrogens with zero attached hydrogens (tertiary/aromatic N) is 3. The number of hydrogen-bond acceptors (Lipinski definition) is 3. The van der Waals surface area contributed by atoms with Gasteiger partial charge >= 0.3 is 0 Å². The molecule has 3 aromatic rings. The van der Waals surface area contributed by atoms with Crippen LogP contribution in [0.2, 0.25) is 5.02 Å². The maximum Gasteiger partial charge on any atom is 0.224 e. The van der Waals surface area contributed by atoms with Gasteiger partial charge in [0.1, 0.15) is 12.7 Å². The molecule has 0 radical (unpaired) electrons. The minimum Gasteiger partial charge on any atom is -0.352 e. The first-order valence-electron chi connectivity index (χ1n) is 8.62. The highest BCUT2D eigenvalue weighted by molar-refractivity contribution is 6.30. The molecule has 4 rings (SSSR count). The molecule has 0 saturated heterocycles. The molecule has 26 heavy (non-hydrogen) atoms. The second kappa shape index (κ2) is 7.30. The van der Waals surface area contributed by atoms with Crippen molar-refractivity contribution in [2.24, 2.45) is 5.92 Å². The Morgan fingerprint density at radius 3 is 2.73 bits per heavy atom. The summed E-state index contributed by atoms with van der Waals surface area (Å²) < 4.78 is 1.78. The van der Waals surface area contributed by atoms with Crippen molar-refractivity contribution in [2.75, 3.05) is 0 Å². The number of hydrogen-bond donors (Lipinski definition) is 1. The van der Waals surface area contributed by atoms with Gasteiger partial charge in [-0.1, -0.05) is 48.0 Å². The van der Waals surface area contributed by atoms with Gasteiger partial charge in [0, 0.05) is 17.5 Å². The molecular formula is C20H19ClN4O. The van der Waals surface area contributed by atoms with E-state index in [1.54, 1.807) is 11.0 Å². The van der Waals surface area contributed by atoms with E-state index < -0.39 is 0 Å². The molecule has 1 amide bonds. The molecule has 1 aliphatic rings. The summed E-state index contributed by atoms with van der Waals surface area (Å²) in [5.41, 5.74) is 3.38. The molecular weight excluding hydrogens is 348 g/mol. The maximum atomic E-state index is 12.4. The van der Waals surface area contributed by atoms with Crippen LogP contribution in [0.4, 0.5) is 0 Å². The van der Waals surface area contributed by atoms with Gasteiger partial charge in [-0.2, -0.15) is 5.10 Å². The topological polar surface area (TPSA) is 59.8 Å². The lowest BCUT2D eigenvalue weighted by molar-refractivity contribution is -0.122. The summed E-state index contributed by atoms with van der Waals surface area (Å²) in [7, 11) is 0. The lowest BCUT2D eigenvalue weighted by Gasteiger charge is -2.07. The summed E-state index contributed by atoms with van der Waals surface area (Å²) in [5.74, 6) is 0.459. The molecule has 0 aliphatic heterocycles. The molecule has 0 unspecified atom stereocenters. The van der Waals surface area contributed by atoms with Gasteiger partial charge in [-0.3, -0.25) is 4.79 Å². The minimum atomic E-state index is 0.0556. The smallest absolute Gasteiger partial charge is 0.224 e. The lowest BCUT2D eigenvalue weighted by Crippen LogP contribution is -2.24. The van der Waals surface area contributed by atoms with Crippen molar-refractivity contribution in [1.82, 2.24) is 20.1 Å². The molecule has 0 bridgehead atoms. The second-order valence-corrected chi connectivity index (χ2v) is 7.07. The molecule has 6 heteroatoms. The zero-order valence-corrected chi connectivity index (χ0v) is 14.9. The van der Waals surface area contributed by atoms with E-state index in [-0.39, 0.29) is 11.8 Å². The van der Waals surface area contributed by atoms with Crippen LogP contribution in [0.5, 0.6) is 0 Å². The Hall–Kier alpha value is -2.66. The molecule has 1 heterocycles. The van der Waals surface area contributed by atoms with Crippen molar-refractivity contribution in [3.8, 4) is 0 Å². The van der Waals surface area contributed by atoms with Gasteiger partial charge in [-0.05, 0) is 41.2 Å². The fraction of sp³-hybridized carbons (Fsp3) is 0.250. The van der Waals surface area contributed by atoms with Crippen LogP contribution in [0.15, 0.2) is 61.2 Å². The minimum absolute atomic E-state index is 0.0556. The normalized spacial score (nSPS) is 18.5. The SMILES string of the molecule is O=C(NCc1ccc(Cn2cncn2)cc1)[C@H]1C[C@@H]1c1cccc(Cl)c1. The molecule has 1 aromatic heterocycles. The number of carbonyl (C=O) groups excluding carboxylic acids is 1. The van der Waals surface area contributed by atoms with Crippen LogP contribution in [-0.4, -0.2) is 20.7 Å². The predicted octanol–water partition coefficient (Wildman–Crippen LogP) is 3.40. The van der Waals surface area contributed by atoms with Gasteiger partial charge in [0.2, 0.25) is 5.91 Å². The van der Waals surface area contributed by atoms with Gasteiger partial charge in [-0.15, -0.1) is 0 Å². The summed E-state index contributed by atoms with van der Waals surface area (Å²) in [6, 6.07) is 16.0. The highest BCUT2D eigenvalue weighted by Gasteiger charge is 2.43. The third-order valence-electron chi connectivity index (χ3n) is 4.70. The summed E-state index contributed by atoms with van der Waals surface area (Å²) in [4.78, 5) is 16.3. The summed E-state index contributed by atoms with van der Waals surface area (Å²) in [6.45, 7) is 1.23. The highest BCUT2D eigenvalue weighted by Crippen LogP contribution is 2.47. The van der Waals surface area contributed by atoms with E-state index >= 15 is 0 Å². The van der Waals surface area contributed by atoms with Crippen LogP contribution in [0.1, 0.15) is 29.0 Å². The zero-order chi connectivity index (χ0) is 17.9. The summed E-state index contributed by atoms with van der Waals surface area (Å²) in [6.07, 6.45) is 4.11. The third kappa shape index (κ3) is 3.94. The fourth-order valence-corrected chi connectivity index (χ4v) is 3.37. The van der Waals surface area contributed by atoms with E-state index in [0.717, 1.165) is 28.1 Å². The van der Waals surface area contributed by atoms with Gasteiger partial charge in [-0.25, -0.2) is 9.67 Å². The largest absolute Gasteiger partial charge is 0.352 e. The van der Waals surface area contributed by atoms with Crippen LogP contribution in [0, 0.1) is 5.92 Å². The average Bonchev–Trinajstić information content (AvgIpc) is 3.30. The van der Waals surface area contributed by atoms with E-state index in [0.29, 0.717) is 19.0 Å². The molecule has 5 nitrogen and oxygen atoms in total. The molecule has 132 valence electrons. The van der Waals surface area contributed by atoms with Gasteiger partial charge in [0.15, 0.2) is 0 Å². The van der Waals surface area contributed by atoms with Crippen LogP contribution in [0.25, 0.3) is 0 Å². The standard InChI is InChI=1S/C20H19ClN4O/c21-17-3-1-2-16(8-17)18-9-19(18)20(26)23-10-14-4-6-15(7-5-14)11-25-13-22-12-24-25/h1-8,12-13,18-19H,9-11H2,(H,23,26)/t18-,19+/m1/s1. The Morgan fingerprint density at radius 1 is 1.19 bits per heavy atom. The van der Waals surface area contributed by atoms with Gasteiger partial charge < -0.3 is 5.32 Å². The van der Waals surface area contributed by atoms with Crippen LogP contribution < -0.4 is 5.32 Å². The van der Waals surface area contributed by atoms with E-state index in [1.165, 1.54) is 6.33 Å². The van der Waals surface area contributed by atoms with Crippen molar-refractivity contribution in [3.63, 3.8) is 0 Å². The third-order valence-corrected chi connectivity index (χ3v) is 4.94. The monoisotopic (exact) mass is 366 g/mol. The quantitative estimate of drug-likeness (QED) is 0.727. The molecule has 2 aromatic carbocycles. The predicted molar refractivity (Wildman–Crippen MR) is 99.7 cm³/mol. The number of halogens is 1. The van der Waals surface area contributed by atoms with Crippen molar-refractivity contribution < 1.29 is 4.79 Å². The molecule has 1 saturated carbocycles. The van der Waals surface area contributed by atoms with Crippen molar-refractivity contribution in [2.45, 2.75) is 25.4 Å². The van der Waals surface area contributed by atoms with E-state index in [9.17, 15) is 4.79 Å². The first kappa shape index (κ1) is 16.8. The average molecular weight is 367 g/mol. The van der Waals surface area contributed by atoms with Crippen molar-refractivity contribution >= 4 is 17.5 Å². The summed E-state index contributed by atoms with van der Waals surface area (Å²) in [5, 5.41) is 7.86. The molecule has 2 atom stereocenters. The zero-order valence-electron chi connectivity index (χ0n) is 14.2. The van der Waals surface area contributed by atoms with E-state index in [2.05, 4.69) is 27.5 Å².